The summed E-state index contributed by atoms with van der Waals surface area (Å²) in [4.78, 5) is 31.2. The number of carbonyl (C=O) groups excluding carboxylic acids is 2. The average Bonchev–Trinajstić information content (AvgIpc) is 2.74. The van der Waals surface area contributed by atoms with Crippen LogP contribution in [0.15, 0.2) is 24.3 Å². The summed E-state index contributed by atoms with van der Waals surface area (Å²) in [5.74, 6) is 0.159. The summed E-state index contributed by atoms with van der Waals surface area (Å²) in [5.41, 5.74) is 1.66. The summed E-state index contributed by atoms with van der Waals surface area (Å²) in [6.07, 6.45) is 2.35. The number of urea groups is 1. The van der Waals surface area contributed by atoms with Crippen molar-refractivity contribution in [2.24, 2.45) is 5.92 Å². The maximum atomic E-state index is 13.1. The van der Waals surface area contributed by atoms with Crippen LogP contribution in [-0.4, -0.2) is 59.4 Å². The quantitative estimate of drug-likeness (QED) is 0.723. The summed E-state index contributed by atoms with van der Waals surface area (Å²) in [5, 5.41) is 8.93. The molecule has 1 aliphatic rings. The molecule has 1 fully saturated rings. The lowest BCUT2D eigenvalue weighted by Gasteiger charge is -2.36. The molecule has 1 aliphatic heterocycles. The first-order valence-corrected chi connectivity index (χ1v) is 10.4. The van der Waals surface area contributed by atoms with Gasteiger partial charge in [-0.15, -0.1) is 0 Å². The number of rotatable bonds is 7. The molecule has 0 radical (unpaired) electrons. The monoisotopic (exact) mass is 384 g/mol. The van der Waals surface area contributed by atoms with Crippen molar-refractivity contribution in [2.45, 2.75) is 46.6 Å². The number of carbonyl (C=O) groups is 2. The molecule has 0 bridgehead atoms. The number of hydrogen-bond acceptors (Lipinski definition) is 3. The highest BCUT2D eigenvalue weighted by Gasteiger charge is 2.31. The number of nitrogens with zero attached hydrogens (tertiary/aromatic N) is 4. The summed E-state index contributed by atoms with van der Waals surface area (Å²) in [7, 11) is 0. The second kappa shape index (κ2) is 10.7. The third-order valence-corrected chi connectivity index (χ3v) is 5.41. The van der Waals surface area contributed by atoms with Crippen LogP contribution in [0.25, 0.3) is 0 Å². The van der Waals surface area contributed by atoms with E-state index in [1.54, 1.807) is 12.1 Å². The molecule has 28 heavy (non-hydrogen) atoms. The second-order valence-corrected chi connectivity index (χ2v) is 7.28. The van der Waals surface area contributed by atoms with E-state index in [0.717, 1.165) is 31.4 Å². The Hall–Kier alpha value is -2.55. The van der Waals surface area contributed by atoms with Crippen molar-refractivity contribution in [1.82, 2.24) is 14.7 Å². The average molecular weight is 385 g/mol. The van der Waals surface area contributed by atoms with Gasteiger partial charge in [-0.2, -0.15) is 5.26 Å². The maximum absolute atomic E-state index is 13.1. The van der Waals surface area contributed by atoms with Crippen LogP contribution in [0.5, 0.6) is 0 Å². The number of likely N-dealkylation sites (tertiary alicyclic amines) is 1. The van der Waals surface area contributed by atoms with E-state index in [1.807, 2.05) is 40.7 Å². The van der Waals surface area contributed by atoms with E-state index in [4.69, 9.17) is 5.26 Å². The van der Waals surface area contributed by atoms with Crippen LogP contribution in [0, 0.1) is 17.2 Å². The van der Waals surface area contributed by atoms with Gasteiger partial charge in [0.2, 0.25) is 5.91 Å². The molecule has 0 unspecified atom stereocenters. The van der Waals surface area contributed by atoms with Crippen molar-refractivity contribution in [3.05, 3.63) is 35.4 Å². The lowest BCUT2D eigenvalue weighted by atomic mass is 9.95. The molecule has 1 aromatic rings. The molecule has 1 heterocycles. The fraction of sp³-hybridized carbons (Fsp3) is 0.591. The van der Waals surface area contributed by atoms with Gasteiger partial charge >= 0.3 is 6.03 Å². The normalized spacial score (nSPS) is 14.4. The van der Waals surface area contributed by atoms with Crippen LogP contribution in [0.3, 0.4) is 0 Å². The highest BCUT2D eigenvalue weighted by molar-refractivity contribution is 5.80. The molecule has 0 atom stereocenters. The molecule has 0 aliphatic carbocycles. The lowest BCUT2D eigenvalue weighted by Crippen LogP contribution is -2.49. The molecule has 3 amide bonds. The number of nitriles is 1. The fourth-order valence-corrected chi connectivity index (χ4v) is 3.71. The Kier molecular flexibility index (Phi) is 8.31. The first-order chi connectivity index (χ1) is 13.5. The van der Waals surface area contributed by atoms with Crippen LogP contribution in [0.2, 0.25) is 0 Å². The van der Waals surface area contributed by atoms with Crippen LogP contribution in [-0.2, 0) is 11.3 Å². The highest BCUT2D eigenvalue weighted by atomic mass is 16.2. The SMILES string of the molecule is CCCN(Cc1ccc(C#N)cc1)C(=O)C1CCN(C(=O)N(CC)CC)CC1. The zero-order valence-electron chi connectivity index (χ0n) is 17.4. The van der Waals surface area contributed by atoms with Gasteiger partial charge in [0.05, 0.1) is 11.6 Å². The van der Waals surface area contributed by atoms with E-state index < -0.39 is 0 Å². The van der Waals surface area contributed by atoms with Crippen LogP contribution in [0.1, 0.15) is 51.2 Å². The number of piperidine rings is 1. The lowest BCUT2D eigenvalue weighted by molar-refractivity contribution is -0.137. The Labute approximate surface area is 168 Å². The van der Waals surface area contributed by atoms with Crippen LogP contribution in [0.4, 0.5) is 4.79 Å². The molecule has 6 nitrogen and oxygen atoms in total. The third kappa shape index (κ3) is 5.48. The van der Waals surface area contributed by atoms with Gasteiger partial charge in [-0.1, -0.05) is 19.1 Å². The molecule has 0 saturated carbocycles. The Bertz CT molecular complexity index is 683. The number of amides is 3. The van der Waals surface area contributed by atoms with Gasteiger partial charge in [-0.05, 0) is 50.8 Å². The van der Waals surface area contributed by atoms with E-state index in [-0.39, 0.29) is 17.9 Å². The van der Waals surface area contributed by atoms with Crippen molar-refractivity contribution in [3.8, 4) is 6.07 Å². The van der Waals surface area contributed by atoms with Crippen molar-refractivity contribution >= 4 is 11.9 Å². The smallest absolute Gasteiger partial charge is 0.319 e. The first kappa shape index (κ1) is 21.7. The van der Waals surface area contributed by atoms with Gasteiger partial charge in [-0.25, -0.2) is 4.79 Å². The molecule has 6 heteroatoms. The van der Waals surface area contributed by atoms with Crippen LogP contribution >= 0.6 is 0 Å². The van der Waals surface area contributed by atoms with Gasteiger partial charge in [-0.3, -0.25) is 4.79 Å². The standard InChI is InChI=1S/C22H32N4O2/c1-4-13-26(17-19-9-7-18(16-23)8-10-19)21(27)20-11-14-25(15-12-20)22(28)24(5-2)6-3/h7-10,20H,4-6,11-15,17H2,1-3H3. The topological polar surface area (TPSA) is 67.6 Å². The third-order valence-electron chi connectivity index (χ3n) is 5.41. The Morgan fingerprint density at radius 1 is 1.07 bits per heavy atom. The molecule has 1 saturated heterocycles. The molecule has 152 valence electrons. The van der Waals surface area contributed by atoms with E-state index >= 15 is 0 Å². The van der Waals surface area contributed by atoms with E-state index in [0.29, 0.717) is 38.3 Å². The van der Waals surface area contributed by atoms with Crippen molar-refractivity contribution in [1.29, 1.82) is 5.26 Å². The van der Waals surface area contributed by atoms with E-state index in [9.17, 15) is 9.59 Å². The predicted octanol–water partition coefficient (Wildman–Crippen LogP) is 3.47. The Balaban J connectivity index is 1.96. The summed E-state index contributed by atoms with van der Waals surface area (Å²) >= 11 is 0. The fourth-order valence-electron chi connectivity index (χ4n) is 3.71. The van der Waals surface area contributed by atoms with Crippen molar-refractivity contribution in [2.75, 3.05) is 32.7 Å². The molecule has 0 N–H and O–H groups in total. The largest absolute Gasteiger partial charge is 0.338 e. The van der Waals surface area contributed by atoms with Gasteiger partial charge < -0.3 is 14.7 Å². The van der Waals surface area contributed by atoms with Gasteiger partial charge in [0.25, 0.3) is 0 Å². The first-order valence-electron chi connectivity index (χ1n) is 10.4. The Morgan fingerprint density at radius 3 is 2.18 bits per heavy atom. The van der Waals surface area contributed by atoms with Crippen molar-refractivity contribution in [3.63, 3.8) is 0 Å². The van der Waals surface area contributed by atoms with Crippen LogP contribution < -0.4 is 0 Å². The maximum Gasteiger partial charge on any atom is 0.319 e. The van der Waals surface area contributed by atoms with E-state index in [1.165, 1.54) is 0 Å². The summed E-state index contributed by atoms with van der Waals surface area (Å²) in [6.45, 7) is 10.0. The van der Waals surface area contributed by atoms with Gasteiger partial charge in [0.1, 0.15) is 0 Å². The van der Waals surface area contributed by atoms with Gasteiger partial charge in [0.15, 0.2) is 0 Å². The minimum Gasteiger partial charge on any atom is -0.338 e. The second-order valence-electron chi connectivity index (χ2n) is 7.28. The summed E-state index contributed by atoms with van der Waals surface area (Å²) in [6, 6.07) is 9.62. The van der Waals surface area contributed by atoms with E-state index in [2.05, 4.69) is 13.0 Å². The summed E-state index contributed by atoms with van der Waals surface area (Å²) < 4.78 is 0. The predicted molar refractivity (Wildman–Crippen MR) is 109 cm³/mol. The molecule has 0 spiro atoms. The zero-order chi connectivity index (χ0) is 20.5. The molecule has 2 rings (SSSR count). The molecular formula is C22H32N4O2. The number of benzene rings is 1. The minimum absolute atomic E-state index is 0.0225. The van der Waals surface area contributed by atoms with Crippen molar-refractivity contribution < 1.29 is 9.59 Å². The Morgan fingerprint density at radius 2 is 1.68 bits per heavy atom. The number of hydrogen-bond donors (Lipinski definition) is 0. The molecule has 1 aromatic carbocycles. The van der Waals surface area contributed by atoms with Gasteiger partial charge in [0, 0.05) is 45.2 Å². The highest BCUT2D eigenvalue weighted by Crippen LogP contribution is 2.22. The molecular weight excluding hydrogens is 352 g/mol. The minimum atomic E-state index is -0.0225. The molecule has 0 aromatic heterocycles. The zero-order valence-corrected chi connectivity index (χ0v) is 17.4.